The van der Waals surface area contributed by atoms with E-state index in [9.17, 15) is 24.9 Å². The first-order valence-corrected chi connectivity index (χ1v) is 11.5. The fraction of sp³-hybridized carbons (Fsp3) is 0.0667. The van der Waals surface area contributed by atoms with E-state index in [4.69, 9.17) is 9.15 Å². The van der Waals surface area contributed by atoms with Gasteiger partial charge in [0.1, 0.15) is 34.5 Å². The van der Waals surface area contributed by atoms with E-state index in [-0.39, 0.29) is 52.6 Å². The molecule has 1 atom stereocenters. The van der Waals surface area contributed by atoms with Crippen LogP contribution < -0.4 is 10.2 Å². The molecule has 0 saturated carbocycles. The Morgan fingerprint density at radius 2 is 1.41 bits per heavy atom. The van der Waals surface area contributed by atoms with E-state index in [1.165, 1.54) is 6.07 Å². The van der Waals surface area contributed by atoms with Crippen LogP contribution >= 0.6 is 0 Å². The fourth-order valence-corrected chi connectivity index (χ4v) is 4.20. The zero-order chi connectivity index (χ0) is 25.9. The molecule has 0 unspecified atom stereocenters. The number of Topliss-reactive ketones (excluding diaryl/α,β-unsaturated/α-hetero) is 1. The van der Waals surface area contributed by atoms with Gasteiger partial charge in [-0.2, -0.15) is 0 Å². The highest BCUT2D eigenvalue weighted by molar-refractivity contribution is 6.02. The van der Waals surface area contributed by atoms with Crippen molar-refractivity contribution in [2.45, 2.75) is 12.5 Å². The highest BCUT2D eigenvalue weighted by atomic mass is 16.5. The third-order valence-electron chi connectivity index (χ3n) is 5.97. The second-order valence-electron chi connectivity index (χ2n) is 8.45. The monoisotopic (exact) mass is 494 g/mol. The first-order chi connectivity index (χ1) is 17.9. The molecule has 3 N–H and O–H groups in total. The van der Waals surface area contributed by atoms with Crippen LogP contribution in [-0.4, -0.2) is 21.1 Å². The molecule has 7 heteroatoms. The van der Waals surface area contributed by atoms with Gasteiger partial charge in [0.15, 0.2) is 11.5 Å². The van der Waals surface area contributed by atoms with Gasteiger partial charge in [0, 0.05) is 17.7 Å². The summed E-state index contributed by atoms with van der Waals surface area (Å²) in [5, 5.41) is 29.5. The van der Waals surface area contributed by atoms with Gasteiger partial charge in [-0.1, -0.05) is 72.8 Å². The Morgan fingerprint density at radius 1 is 0.757 bits per heavy atom. The molecule has 2 heterocycles. The number of rotatable bonds is 2. The number of phenolic OH excluding ortho intramolecular Hbond substituents is 2. The third-order valence-corrected chi connectivity index (χ3v) is 5.97. The molecule has 1 aromatic heterocycles. The van der Waals surface area contributed by atoms with Crippen molar-refractivity contribution in [2.24, 2.45) is 0 Å². The first kappa shape index (κ1) is 23.7. The summed E-state index contributed by atoms with van der Waals surface area (Å²) in [4.78, 5) is 24.1. The van der Waals surface area contributed by atoms with Gasteiger partial charge in [0.25, 0.3) is 0 Å². The number of para-hydroxylation sites is 1. The van der Waals surface area contributed by atoms with Gasteiger partial charge in [-0.15, -0.1) is 0 Å². The maximum absolute atomic E-state index is 12.1. The smallest absolute Gasteiger partial charge is 0.235 e. The van der Waals surface area contributed by atoms with E-state index >= 15 is 0 Å². The van der Waals surface area contributed by atoms with E-state index in [0.717, 1.165) is 11.6 Å². The summed E-state index contributed by atoms with van der Waals surface area (Å²) in [6.45, 7) is 0. The highest BCUT2D eigenvalue weighted by Gasteiger charge is 2.30. The van der Waals surface area contributed by atoms with Gasteiger partial charge >= 0.3 is 0 Å². The Labute approximate surface area is 211 Å². The molecule has 4 aromatic carbocycles. The number of benzene rings is 4. The lowest BCUT2D eigenvalue weighted by Gasteiger charge is -2.26. The van der Waals surface area contributed by atoms with Crippen LogP contribution in [0, 0.1) is 0 Å². The molecule has 6 rings (SSSR count). The first-order valence-electron chi connectivity index (χ1n) is 11.5. The lowest BCUT2D eigenvalue weighted by atomic mass is 9.95. The molecule has 37 heavy (non-hydrogen) atoms. The van der Waals surface area contributed by atoms with E-state index in [2.05, 4.69) is 0 Å². The van der Waals surface area contributed by atoms with E-state index in [1.807, 2.05) is 48.5 Å². The minimum atomic E-state index is -0.407. The van der Waals surface area contributed by atoms with Crippen molar-refractivity contribution in [3.8, 4) is 34.3 Å². The van der Waals surface area contributed by atoms with Crippen molar-refractivity contribution < 1.29 is 29.3 Å². The molecule has 0 spiro atoms. The van der Waals surface area contributed by atoms with Crippen LogP contribution in [0.25, 0.3) is 22.3 Å². The molecule has 1 aliphatic rings. The van der Waals surface area contributed by atoms with Gasteiger partial charge < -0.3 is 24.5 Å². The van der Waals surface area contributed by atoms with Crippen LogP contribution in [0.3, 0.4) is 0 Å². The molecule has 7 nitrogen and oxygen atoms in total. The van der Waals surface area contributed by atoms with Crippen LogP contribution in [-0.2, 0) is 0 Å². The van der Waals surface area contributed by atoms with E-state index < -0.39 is 5.43 Å². The molecule has 0 saturated heterocycles. The second-order valence-corrected chi connectivity index (χ2v) is 8.45. The van der Waals surface area contributed by atoms with E-state index in [1.54, 1.807) is 36.4 Å². The number of hydrogen-bond donors (Lipinski definition) is 3. The predicted molar refractivity (Wildman–Crippen MR) is 138 cm³/mol. The summed E-state index contributed by atoms with van der Waals surface area (Å²) in [5.41, 5.74) is 1.78. The summed E-state index contributed by atoms with van der Waals surface area (Å²) < 4.78 is 11.3. The van der Waals surface area contributed by atoms with Crippen molar-refractivity contribution in [1.82, 2.24) is 0 Å². The maximum Gasteiger partial charge on any atom is 0.235 e. The van der Waals surface area contributed by atoms with Crippen LogP contribution in [0.5, 0.6) is 23.0 Å². The zero-order valence-electron chi connectivity index (χ0n) is 19.5. The largest absolute Gasteiger partial charge is 0.508 e. The number of carbonyl (C=O) groups excluding carboxylic acids is 1. The normalized spacial score (nSPS) is 14.3. The molecule has 0 radical (unpaired) electrons. The summed E-state index contributed by atoms with van der Waals surface area (Å²) in [7, 11) is 0. The highest BCUT2D eigenvalue weighted by Crippen LogP contribution is 2.41. The number of phenols is 2. The van der Waals surface area contributed by atoms with E-state index in [0.29, 0.717) is 16.5 Å². The number of carbonyl (C=O) groups is 1. The molecule has 0 bridgehead atoms. The molecule has 1 aliphatic heterocycles. The molecule has 0 aliphatic carbocycles. The van der Waals surface area contributed by atoms with Gasteiger partial charge in [0.05, 0.1) is 11.8 Å². The van der Waals surface area contributed by atoms with Crippen LogP contribution in [0.1, 0.15) is 28.4 Å². The van der Waals surface area contributed by atoms with Crippen molar-refractivity contribution >= 4 is 16.8 Å². The average Bonchev–Trinajstić information content (AvgIpc) is 2.91. The Hall–Kier alpha value is -5.04. The SMILES string of the molecule is O=C1C[C@@H](c2ccccc2)Oc2cc(O)cc(O)c21.O=c1c(O)c(-c2ccccc2)oc2ccccc12. The molecular formula is C30H22O7. The Bertz CT molecular complexity index is 1640. The average molecular weight is 494 g/mol. The lowest BCUT2D eigenvalue weighted by molar-refractivity contribution is 0.0845. The second kappa shape index (κ2) is 9.91. The van der Waals surface area contributed by atoms with Crippen LogP contribution in [0.15, 0.2) is 106 Å². The van der Waals surface area contributed by atoms with Crippen molar-refractivity contribution in [3.63, 3.8) is 0 Å². The topological polar surface area (TPSA) is 117 Å². The number of fused-ring (bicyclic) bond motifs is 2. The third kappa shape index (κ3) is 4.75. The predicted octanol–water partition coefficient (Wildman–Crippen LogP) is 5.97. The fourth-order valence-electron chi connectivity index (χ4n) is 4.20. The van der Waals surface area contributed by atoms with Gasteiger partial charge in [0.2, 0.25) is 11.2 Å². The van der Waals surface area contributed by atoms with Crippen molar-refractivity contribution in [1.29, 1.82) is 0 Å². The Kier molecular flexibility index (Phi) is 6.34. The molecule has 184 valence electrons. The summed E-state index contributed by atoms with van der Waals surface area (Å²) in [5.74, 6) is -0.473. The summed E-state index contributed by atoms with van der Waals surface area (Å²) >= 11 is 0. The van der Waals surface area contributed by atoms with Crippen molar-refractivity contribution in [3.05, 3.63) is 118 Å². The number of hydrogen-bond acceptors (Lipinski definition) is 7. The maximum atomic E-state index is 12.1. The van der Waals surface area contributed by atoms with Crippen molar-refractivity contribution in [2.75, 3.05) is 0 Å². The van der Waals surface area contributed by atoms with Gasteiger partial charge in [-0.05, 0) is 17.7 Å². The number of aromatic hydroxyl groups is 3. The minimum Gasteiger partial charge on any atom is -0.508 e. The standard InChI is InChI=1S/C15H12O4.C15H10O3/c16-10-6-11(17)15-12(18)8-13(19-14(15)7-10)9-4-2-1-3-5-9;16-13-11-8-4-5-9-12(11)18-15(14(13)17)10-6-2-1-3-7-10/h1-7,13,16-17H,8H2;1-9,17H/t13-;/m0./s1. The molecule has 5 aromatic rings. The van der Waals surface area contributed by atoms with Gasteiger partial charge in [-0.3, -0.25) is 9.59 Å². The minimum absolute atomic E-state index is 0.127. The Balaban J connectivity index is 0.000000152. The quantitative estimate of drug-likeness (QED) is 0.277. The van der Waals surface area contributed by atoms with Crippen LogP contribution in [0.2, 0.25) is 0 Å². The van der Waals surface area contributed by atoms with Gasteiger partial charge in [-0.25, -0.2) is 0 Å². The molecule has 0 amide bonds. The molecule has 0 fully saturated rings. The number of ether oxygens (including phenoxy) is 1. The summed E-state index contributed by atoms with van der Waals surface area (Å²) in [6, 6.07) is 27.8. The summed E-state index contributed by atoms with van der Waals surface area (Å²) in [6.07, 6.45) is -0.211. The lowest BCUT2D eigenvalue weighted by Crippen LogP contribution is -2.20. The Morgan fingerprint density at radius 3 is 2.14 bits per heavy atom. The van der Waals surface area contributed by atoms with Crippen LogP contribution in [0.4, 0.5) is 0 Å². The number of ketones is 1. The zero-order valence-corrected chi connectivity index (χ0v) is 19.5. The molecular weight excluding hydrogens is 472 g/mol.